The quantitative estimate of drug-likeness (QED) is 0.868. The summed E-state index contributed by atoms with van der Waals surface area (Å²) in [6.45, 7) is 1.91. The van der Waals surface area contributed by atoms with Crippen LogP contribution in [0.2, 0.25) is 0 Å². The third kappa shape index (κ3) is 3.23. The molecular formula is C14H21N3O2. The lowest BCUT2D eigenvalue weighted by atomic mass is 10.1. The summed E-state index contributed by atoms with van der Waals surface area (Å²) in [5.74, 6) is -0.0707. The SMILES string of the molecule is CNc1cc(C)ncc1C(=O)NC1CCC(OC)C1. The van der Waals surface area contributed by atoms with E-state index in [9.17, 15) is 4.79 Å². The molecule has 2 N–H and O–H groups in total. The highest BCUT2D eigenvalue weighted by Crippen LogP contribution is 2.22. The molecule has 0 aliphatic heterocycles. The Balaban J connectivity index is 2.04. The number of nitrogens with zero attached hydrogens (tertiary/aromatic N) is 1. The lowest BCUT2D eigenvalue weighted by Gasteiger charge is -2.15. The van der Waals surface area contributed by atoms with Crippen molar-refractivity contribution in [3.05, 3.63) is 23.5 Å². The van der Waals surface area contributed by atoms with E-state index in [0.29, 0.717) is 5.56 Å². The van der Waals surface area contributed by atoms with Gasteiger partial charge in [-0.05, 0) is 32.3 Å². The Kier molecular flexibility index (Phi) is 4.37. The topological polar surface area (TPSA) is 63.2 Å². The molecule has 19 heavy (non-hydrogen) atoms. The van der Waals surface area contributed by atoms with E-state index in [0.717, 1.165) is 30.6 Å². The minimum Gasteiger partial charge on any atom is -0.387 e. The maximum absolute atomic E-state index is 12.3. The van der Waals surface area contributed by atoms with Gasteiger partial charge in [0.15, 0.2) is 0 Å². The maximum atomic E-state index is 12.3. The van der Waals surface area contributed by atoms with Crippen LogP contribution in [0.1, 0.15) is 35.3 Å². The van der Waals surface area contributed by atoms with Gasteiger partial charge in [0.2, 0.25) is 0 Å². The molecule has 1 aromatic rings. The summed E-state index contributed by atoms with van der Waals surface area (Å²) >= 11 is 0. The second-order valence-corrected chi connectivity index (χ2v) is 4.96. The van der Waals surface area contributed by atoms with Crippen molar-refractivity contribution in [1.29, 1.82) is 0 Å². The number of ether oxygens (including phenoxy) is 1. The number of hydrogen-bond acceptors (Lipinski definition) is 4. The molecule has 1 amide bonds. The molecule has 2 unspecified atom stereocenters. The molecule has 1 aliphatic rings. The van der Waals surface area contributed by atoms with Crippen molar-refractivity contribution < 1.29 is 9.53 Å². The standard InChI is InChI=1S/C14H21N3O2/c1-9-6-13(15-2)12(8-16-9)14(18)17-10-4-5-11(7-10)19-3/h6,8,10-11H,4-5,7H2,1-3H3,(H,15,16)(H,17,18). The number of nitrogens with one attached hydrogen (secondary N) is 2. The highest BCUT2D eigenvalue weighted by molar-refractivity contribution is 5.99. The number of carbonyl (C=O) groups excluding carboxylic acids is 1. The molecule has 0 spiro atoms. The normalized spacial score (nSPS) is 22.3. The first-order valence-corrected chi connectivity index (χ1v) is 6.62. The smallest absolute Gasteiger partial charge is 0.255 e. The van der Waals surface area contributed by atoms with E-state index in [1.807, 2.05) is 20.0 Å². The van der Waals surface area contributed by atoms with Crippen LogP contribution in [0.4, 0.5) is 5.69 Å². The monoisotopic (exact) mass is 263 g/mol. The third-order valence-electron chi connectivity index (χ3n) is 3.61. The van der Waals surface area contributed by atoms with E-state index < -0.39 is 0 Å². The summed E-state index contributed by atoms with van der Waals surface area (Å²) in [6.07, 6.45) is 4.76. The molecule has 0 aromatic carbocycles. The first kappa shape index (κ1) is 13.8. The summed E-state index contributed by atoms with van der Waals surface area (Å²) in [5, 5.41) is 6.09. The van der Waals surface area contributed by atoms with E-state index in [2.05, 4.69) is 15.6 Å². The van der Waals surface area contributed by atoms with Crippen LogP contribution in [0.3, 0.4) is 0 Å². The van der Waals surface area contributed by atoms with Gasteiger partial charge in [-0.15, -0.1) is 0 Å². The molecule has 1 aromatic heterocycles. The lowest BCUT2D eigenvalue weighted by molar-refractivity contribution is 0.0915. The van der Waals surface area contributed by atoms with Crippen LogP contribution >= 0.6 is 0 Å². The molecular weight excluding hydrogens is 242 g/mol. The Labute approximate surface area is 113 Å². The summed E-state index contributed by atoms with van der Waals surface area (Å²) in [5.41, 5.74) is 2.29. The van der Waals surface area contributed by atoms with Crippen LogP contribution in [-0.2, 0) is 4.74 Å². The van der Waals surface area contributed by atoms with Gasteiger partial charge in [-0.25, -0.2) is 0 Å². The van der Waals surface area contributed by atoms with E-state index in [1.165, 1.54) is 0 Å². The van der Waals surface area contributed by atoms with Gasteiger partial charge in [0, 0.05) is 32.1 Å². The zero-order valence-corrected chi connectivity index (χ0v) is 11.7. The number of pyridine rings is 1. The van der Waals surface area contributed by atoms with Gasteiger partial charge in [0.1, 0.15) is 0 Å². The van der Waals surface area contributed by atoms with Crippen molar-refractivity contribution >= 4 is 11.6 Å². The number of amides is 1. The van der Waals surface area contributed by atoms with E-state index >= 15 is 0 Å². The maximum Gasteiger partial charge on any atom is 0.255 e. The fourth-order valence-electron chi connectivity index (χ4n) is 2.50. The number of aromatic nitrogens is 1. The molecule has 1 fully saturated rings. The Hall–Kier alpha value is -1.62. The number of carbonyl (C=O) groups is 1. The third-order valence-corrected chi connectivity index (χ3v) is 3.61. The van der Waals surface area contributed by atoms with E-state index in [1.54, 1.807) is 13.3 Å². The van der Waals surface area contributed by atoms with E-state index in [-0.39, 0.29) is 18.1 Å². The molecule has 5 heteroatoms. The van der Waals surface area contributed by atoms with Gasteiger partial charge >= 0.3 is 0 Å². The highest BCUT2D eigenvalue weighted by atomic mass is 16.5. The summed E-state index contributed by atoms with van der Waals surface area (Å²) in [6, 6.07) is 2.07. The average Bonchev–Trinajstić information content (AvgIpc) is 2.86. The van der Waals surface area contributed by atoms with Gasteiger partial charge in [0.25, 0.3) is 5.91 Å². The number of hydrogen-bond donors (Lipinski definition) is 2. The Morgan fingerprint density at radius 2 is 2.26 bits per heavy atom. The number of aryl methyl sites for hydroxylation is 1. The van der Waals surface area contributed by atoms with Crippen LogP contribution < -0.4 is 10.6 Å². The van der Waals surface area contributed by atoms with Crippen molar-refractivity contribution in [3.63, 3.8) is 0 Å². The van der Waals surface area contributed by atoms with Crippen LogP contribution in [0, 0.1) is 6.92 Å². The lowest BCUT2D eigenvalue weighted by Crippen LogP contribution is -2.33. The largest absolute Gasteiger partial charge is 0.387 e. The van der Waals surface area contributed by atoms with Crippen LogP contribution in [0.25, 0.3) is 0 Å². The molecule has 2 rings (SSSR count). The van der Waals surface area contributed by atoms with Crippen LogP contribution in [0.15, 0.2) is 12.3 Å². The molecule has 1 saturated carbocycles. The number of anilines is 1. The first-order valence-electron chi connectivity index (χ1n) is 6.62. The molecule has 104 valence electrons. The van der Waals surface area contributed by atoms with Crippen molar-refractivity contribution in [2.24, 2.45) is 0 Å². The summed E-state index contributed by atoms with van der Waals surface area (Å²) in [7, 11) is 3.53. The number of methoxy groups -OCH3 is 1. The van der Waals surface area contributed by atoms with Gasteiger partial charge in [-0.1, -0.05) is 0 Å². The van der Waals surface area contributed by atoms with Crippen molar-refractivity contribution in [1.82, 2.24) is 10.3 Å². The fourth-order valence-corrected chi connectivity index (χ4v) is 2.50. The van der Waals surface area contributed by atoms with Gasteiger partial charge < -0.3 is 15.4 Å². The van der Waals surface area contributed by atoms with Crippen molar-refractivity contribution in [3.8, 4) is 0 Å². The molecule has 2 atom stereocenters. The van der Waals surface area contributed by atoms with E-state index in [4.69, 9.17) is 4.74 Å². The minimum atomic E-state index is -0.0707. The predicted molar refractivity (Wildman–Crippen MR) is 74.4 cm³/mol. The first-order chi connectivity index (χ1) is 9.13. The van der Waals surface area contributed by atoms with Gasteiger partial charge in [-0.2, -0.15) is 0 Å². The minimum absolute atomic E-state index is 0.0707. The molecule has 1 heterocycles. The zero-order valence-electron chi connectivity index (χ0n) is 11.7. The van der Waals surface area contributed by atoms with Crippen molar-refractivity contribution in [2.75, 3.05) is 19.5 Å². The summed E-state index contributed by atoms with van der Waals surface area (Å²) in [4.78, 5) is 16.4. The molecule has 0 bridgehead atoms. The molecule has 1 aliphatic carbocycles. The summed E-state index contributed by atoms with van der Waals surface area (Å²) < 4.78 is 5.31. The second-order valence-electron chi connectivity index (χ2n) is 4.96. The van der Waals surface area contributed by atoms with Gasteiger partial charge in [0.05, 0.1) is 17.4 Å². The Morgan fingerprint density at radius 1 is 1.47 bits per heavy atom. The zero-order chi connectivity index (χ0) is 13.8. The highest BCUT2D eigenvalue weighted by Gasteiger charge is 2.26. The average molecular weight is 263 g/mol. The van der Waals surface area contributed by atoms with Gasteiger partial charge in [-0.3, -0.25) is 9.78 Å². The second kappa shape index (κ2) is 6.02. The fraction of sp³-hybridized carbons (Fsp3) is 0.571. The number of rotatable bonds is 4. The Bertz CT molecular complexity index is 462. The van der Waals surface area contributed by atoms with Crippen LogP contribution in [0.5, 0.6) is 0 Å². The predicted octanol–water partition coefficient (Wildman–Crippen LogP) is 1.73. The molecule has 5 nitrogen and oxygen atoms in total. The Morgan fingerprint density at radius 3 is 2.89 bits per heavy atom. The van der Waals surface area contributed by atoms with Crippen molar-refractivity contribution in [2.45, 2.75) is 38.3 Å². The molecule has 0 saturated heterocycles. The molecule has 0 radical (unpaired) electrons. The van der Waals surface area contributed by atoms with Crippen LogP contribution in [-0.4, -0.2) is 37.2 Å².